The van der Waals surface area contributed by atoms with Gasteiger partial charge in [-0.1, -0.05) is 6.92 Å². The number of nitrogens with zero attached hydrogens (tertiary/aromatic N) is 2. The largest absolute Gasteiger partial charge is 0.401 e. The summed E-state index contributed by atoms with van der Waals surface area (Å²) in [5.41, 5.74) is -0.767. The van der Waals surface area contributed by atoms with Crippen molar-refractivity contribution < 1.29 is 22.7 Å². The molecule has 0 aromatic carbocycles. The lowest BCUT2D eigenvalue weighted by atomic mass is 9.90. The first-order valence-electron chi connectivity index (χ1n) is 8.64. The van der Waals surface area contributed by atoms with Crippen LogP contribution in [0.4, 0.5) is 13.2 Å². The van der Waals surface area contributed by atoms with Gasteiger partial charge in [-0.25, -0.2) is 0 Å². The fourth-order valence-corrected chi connectivity index (χ4v) is 3.71. The lowest BCUT2D eigenvalue weighted by Crippen LogP contribution is -2.55. The average Bonchev–Trinajstić information content (AvgIpc) is 3.01. The van der Waals surface area contributed by atoms with Crippen molar-refractivity contribution >= 4 is 30.7 Å². The number of methoxy groups -OCH3 is 1. The lowest BCUT2D eigenvalue weighted by Gasteiger charge is -2.37. The van der Waals surface area contributed by atoms with Crippen LogP contribution in [0.2, 0.25) is 0 Å². The van der Waals surface area contributed by atoms with Crippen LogP contribution in [0.25, 0.3) is 0 Å². The minimum Gasteiger partial charge on any atom is -0.368 e. The standard InChI is InChI=1S/C16H28F3N3O2.2ClH/c1-3-21(12-16(17,18)19)10-13-4-9-22(11-13)14(23)15(24-2)5-7-20-8-6-15;;/h13,20H,3-12H2,1-2H3;2*1H. The number of rotatable bonds is 6. The summed E-state index contributed by atoms with van der Waals surface area (Å²) in [7, 11) is 1.57. The Kier molecular flexibility index (Phi) is 10.8. The number of nitrogens with one attached hydrogen (secondary N) is 1. The highest BCUT2D eigenvalue weighted by Crippen LogP contribution is 2.29. The van der Waals surface area contributed by atoms with Gasteiger partial charge in [0.1, 0.15) is 5.60 Å². The van der Waals surface area contributed by atoms with E-state index in [2.05, 4.69) is 5.32 Å². The second kappa shape index (κ2) is 10.9. The maximum atomic E-state index is 12.9. The summed E-state index contributed by atoms with van der Waals surface area (Å²) in [5.74, 6) is 0.0831. The molecule has 0 radical (unpaired) electrons. The van der Waals surface area contributed by atoms with Crippen molar-refractivity contribution in [3.05, 3.63) is 0 Å². The Labute approximate surface area is 165 Å². The van der Waals surface area contributed by atoms with Gasteiger partial charge in [0, 0.05) is 26.7 Å². The molecule has 0 aromatic heterocycles. The Morgan fingerprint density at radius 1 is 1.31 bits per heavy atom. The summed E-state index contributed by atoms with van der Waals surface area (Å²) < 4.78 is 43.3. The third kappa shape index (κ3) is 6.71. The molecule has 2 saturated heterocycles. The van der Waals surface area contributed by atoms with Gasteiger partial charge in [-0.05, 0) is 44.8 Å². The van der Waals surface area contributed by atoms with Crippen LogP contribution >= 0.6 is 24.8 Å². The average molecular weight is 424 g/mol. The van der Waals surface area contributed by atoms with Gasteiger partial charge in [0.25, 0.3) is 5.91 Å². The monoisotopic (exact) mass is 423 g/mol. The highest BCUT2D eigenvalue weighted by molar-refractivity contribution is 5.86. The zero-order chi connectivity index (χ0) is 17.8. The molecule has 1 N–H and O–H groups in total. The van der Waals surface area contributed by atoms with Crippen molar-refractivity contribution in [2.24, 2.45) is 5.92 Å². The second-order valence-electron chi connectivity index (χ2n) is 6.80. The minimum atomic E-state index is -4.18. The summed E-state index contributed by atoms with van der Waals surface area (Å²) in [6, 6.07) is 0. The van der Waals surface area contributed by atoms with Gasteiger partial charge in [-0.2, -0.15) is 13.2 Å². The predicted octanol–water partition coefficient (Wildman–Crippen LogP) is 2.33. The van der Waals surface area contributed by atoms with E-state index in [-0.39, 0.29) is 36.6 Å². The van der Waals surface area contributed by atoms with E-state index in [1.165, 1.54) is 4.90 Å². The van der Waals surface area contributed by atoms with E-state index in [0.717, 1.165) is 19.5 Å². The first-order chi connectivity index (χ1) is 11.3. The van der Waals surface area contributed by atoms with E-state index in [0.29, 0.717) is 39.0 Å². The van der Waals surface area contributed by atoms with E-state index in [1.54, 1.807) is 18.9 Å². The third-order valence-electron chi connectivity index (χ3n) is 5.13. The van der Waals surface area contributed by atoms with Crippen LogP contribution in [-0.4, -0.2) is 80.4 Å². The fraction of sp³-hybridized carbons (Fsp3) is 0.938. The Bertz CT molecular complexity index is 435. The summed E-state index contributed by atoms with van der Waals surface area (Å²) >= 11 is 0. The Balaban J connectivity index is 0.00000312. The number of likely N-dealkylation sites (tertiary alicyclic amines) is 1. The molecule has 2 heterocycles. The number of piperidine rings is 1. The number of ether oxygens (including phenoxy) is 1. The van der Waals surface area contributed by atoms with Crippen LogP contribution in [0.1, 0.15) is 26.2 Å². The summed E-state index contributed by atoms with van der Waals surface area (Å²) in [6.07, 6.45) is -2.16. The zero-order valence-electron chi connectivity index (χ0n) is 15.3. The van der Waals surface area contributed by atoms with Crippen molar-refractivity contribution in [3.63, 3.8) is 0 Å². The molecule has 2 aliphatic rings. The van der Waals surface area contributed by atoms with E-state index >= 15 is 0 Å². The van der Waals surface area contributed by atoms with E-state index in [9.17, 15) is 18.0 Å². The normalized spacial score (nSPS) is 22.7. The highest BCUT2D eigenvalue weighted by atomic mass is 35.5. The van der Waals surface area contributed by atoms with Crippen LogP contribution in [0, 0.1) is 5.92 Å². The van der Waals surface area contributed by atoms with Gasteiger partial charge >= 0.3 is 6.18 Å². The van der Waals surface area contributed by atoms with Gasteiger partial charge in [-0.3, -0.25) is 9.69 Å². The molecule has 0 aromatic rings. The molecule has 5 nitrogen and oxygen atoms in total. The number of hydrogen-bond donors (Lipinski definition) is 1. The van der Waals surface area contributed by atoms with Gasteiger partial charge < -0.3 is 15.0 Å². The Hall–Kier alpha value is -0.280. The second-order valence-corrected chi connectivity index (χ2v) is 6.80. The topological polar surface area (TPSA) is 44.8 Å². The van der Waals surface area contributed by atoms with Gasteiger partial charge in [0.05, 0.1) is 6.54 Å². The van der Waals surface area contributed by atoms with Crippen molar-refractivity contribution in [3.8, 4) is 0 Å². The number of hydrogen-bond acceptors (Lipinski definition) is 4. The van der Waals surface area contributed by atoms with E-state index in [1.807, 2.05) is 0 Å². The minimum absolute atomic E-state index is 0. The molecular weight excluding hydrogens is 394 g/mol. The SMILES string of the molecule is CCN(CC1CCN(C(=O)C2(OC)CCNCC2)C1)CC(F)(F)F.Cl.Cl. The van der Waals surface area contributed by atoms with Crippen LogP contribution in [0.5, 0.6) is 0 Å². The zero-order valence-corrected chi connectivity index (χ0v) is 16.9. The van der Waals surface area contributed by atoms with Crippen molar-refractivity contribution in [2.75, 3.05) is 52.9 Å². The first kappa shape index (κ1) is 25.7. The van der Waals surface area contributed by atoms with Gasteiger partial charge in [0.15, 0.2) is 0 Å². The number of carbonyl (C=O) groups is 1. The summed E-state index contributed by atoms with van der Waals surface area (Å²) in [4.78, 5) is 16.1. The molecule has 26 heavy (non-hydrogen) atoms. The molecule has 1 unspecified atom stereocenters. The number of amides is 1. The summed E-state index contributed by atoms with van der Waals surface area (Å²) in [5, 5.41) is 3.22. The molecule has 0 aliphatic carbocycles. The highest BCUT2D eigenvalue weighted by Gasteiger charge is 2.44. The molecular formula is C16H30Cl2F3N3O2. The third-order valence-corrected chi connectivity index (χ3v) is 5.13. The van der Waals surface area contributed by atoms with E-state index in [4.69, 9.17) is 4.74 Å². The number of carbonyl (C=O) groups excluding carboxylic acids is 1. The first-order valence-corrected chi connectivity index (χ1v) is 8.64. The lowest BCUT2D eigenvalue weighted by molar-refractivity contribution is -0.157. The van der Waals surface area contributed by atoms with Crippen molar-refractivity contribution in [1.82, 2.24) is 15.1 Å². The maximum absolute atomic E-state index is 12.9. The quantitative estimate of drug-likeness (QED) is 0.711. The molecule has 2 rings (SSSR count). The van der Waals surface area contributed by atoms with Crippen LogP contribution in [0.3, 0.4) is 0 Å². The van der Waals surface area contributed by atoms with Crippen LogP contribution in [-0.2, 0) is 9.53 Å². The Morgan fingerprint density at radius 3 is 2.42 bits per heavy atom. The molecule has 2 aliphatic heterocycles. The molecule has 2 fully saturated rings. The molecule has 0 saturated carbocycles. The maximum Gasteiger partial charge on any atom is 0.401 e. The van der Waals surface area contributed by atoms with Crippen LogP contribution in [0.15, 0.2) is 0 Å². The Morgan fingerprint density at radius 2 is 1.92 bits per heavy atom. The molecule has 1 amide bonds. The van der Waals surface area contributed by atoms with Gasteiger partial charge in [0.2, 0.25) is 0 Å². The van der Waals surface area contributed by atoms with E-state index < -0.39 is 18.3 Å². The van der Waals surface area contributed by atoms with Crippen LogP contribution < -0.4 is 5.32 Å². The molecule has 1 atom stereocenters. The summed E-state index contributed by atoms with van der Waals surface area (Å²) in [6.45, 7) is 4.19. The number of halogens is 5. The molecule has 10 heteroatoms. The predicted molar refractivity (Wildman–Crippen MR) is 99.2 cm³/mol. The molecule has 0 spiro atoms. The van der Waals surface area contributed by atoms with Gasteiger partial charge in [-0.15, -0.1) is 24.8 Å². The number of alkyl halides is 3. The van der Waals surface area contributed by atoms with Crippen molar-refractivity contribution in [1.29, 1.82) is 0 Å². The molecule has 0 bridgehead atoms. The smallest absolute Gasteiger partial charge is 0.368 e. The van der Waals surface area contributed by atoms with Crippen molar-refractivity contribution in [2.45, 2.75) is 38.0 Å². The fourth-order valence-electron chi connectivity index (χ4n) is 3.71. The molecule has 156 valence electrons.